The largest absolute Gasteiger partial charge is 0.508 e. The highest BCUT2D eigenvalue weighted by Gasteiger charge is 2.13. The zero-order valence-electron chi connectivity index (χ0n) is 11.8. The third-order valence-electron chi connectivity index (χ3n) is 2.85. The number of hydrogen-bond acceptors (Lipinski definition) is 1. The lowest BCUT2D eigenvalue weighted by atomic mass is 9.92. The Balaban J connectivity index is 0.000000861. The zero-order valence-corrected chi connectivity index (χ0v) is 11.8. The van der Waals surface area contributed by atoms with Crippen LogP contribution in [0.25, 0.3) is 10.8 Å². The third kappa shape index (κ3) is 2.88. The second kappa shape index (κ2) is 6.24. The second-order valence-corrected chi connectivity index (χ2v) is 4.35. The molecule has 0 saturated carbocycles. The van der Waals surface area contributed by atoms with E-state index < -0.39 is 5.82 Å². The van der Waals surface area contributed by atoms with Crippen LogP contribution in [0.2, 0.25) is 0 Å². The van der Waals surface area contributed by atoms with Crippen LogP contribution in [0, 0.1) is 18.2 Å². The fourth-order valence-electron chi connectivity index (χ4n) is 2.05. The number of phenolic OH excluding ortho intramolecular Hbond substituents is 1. The summed E-state index contributed by atoms with van der Waals surface area (Å²) in [5.41, 5.74) is 1.14. The molecule has 0 heterocycles. The molecule has 2 aromatic carbocycles. The van der Waals surface area contributed by atoms with Gasteiger partial charge in [0.15, 0.2) is 0 Å². The number of aromatic hydroxyl groups is 1. The van der Waals surface area contributed by atoms with Crippen molar-refractivity contribution in [1.82, 2.24) is 0 Å². The number of terminal acetylenes is 1. The SMILES string of the molecule is C#Cc1c(F)ccc2cc(O)cc(C(C)C)c12.CC. The molecule has 0 atom stereocenters. The van der Waals surface area contributed by atoms with Crippen molar-refractivity contribution in [3.8, 4) is 18.1 Å². The van der Waals surface area contributed by atoms with E-state index in [0.29, 0.717) is 0 Å². The molecule has 0 aliphatic carbocycles. The maximum Gasteiger partial charge on any atom is 0.139 e. The fourth-order valence-corrected chi connectivity index (χ4v) is 2.05. The van der Waals surface area contributed by atoms with Crippen LogP contribution >= 0.6 is 0 Å². The summed E-state index contributed by atoms with van der Waals surface area (Å²) < 4.78 is 13.7. The van der Waals surface area contributed by atoms with Crippen LogP contribution in [0.4, 0.5) is 4.39 Å². The van der Waals surface area contributed by atoms with Crippen LogP contribution in [0.3, 0.4) is 0 Å². The molecule has 1 nitrogen and oxygen atoms in total. The number of fused-ring (bicyclic) bond motifs is 1. The Morgan fingerprint density at radius 1 is 1.21 bits per heavy atom. The van der Waals surface area contributed by atoms with Crippen LogP contribution in [0.5, 0.6) is 5.75 Å². The minimum atomic E-state index is -0.396. The Morgan fingerprint density at radius 2 is 1.84 bits per heavy atom. The van der Waals surface area contributed by atoms with E-state index in [2.05, 4.69) is 5.92 Å². The number of phenols is 1. The molecular formula is C17H19FO. The summed E-state index contributed by atoms with van der Waals surface area (Å²) in [5, 5.41) is 11.1. The molecule has 0 aromatic heterocycles. The Hall–Kier alpha value is -2.01. The van der Waals surface area contributed by atoms with Crippen molar-refractivity contribution in [1.29, 1.82) is 0 Å². The Morgan fingerprint density at radius 3 is 2.37 bits per heavy atom. The highest BCUT2D eigenvalue weighted by atomic mass is 19.1. The van der Waals surface area contributed by atoms with Crippen LogP contribution in [0.1, 0.15) is 44.7 Å². The lowest BCUT2D eigenvalue weighted by molar-refractivity contribution is 0.475. The summed E-state index contributed by atoms with van der Waals surface area (Å²) >= 11 is 0. The van der Waals surface area contributed by atoms with E-state index in [9.17, 15) is 9.50 Å². The van der Waals surface area contributed by atoms with Gasteiger partial charge in [-0.25, -0.2) is 4.39 Å². The summed E-state index contributed by atoms with van der Waals surface area (Å²) in [6.45, 7) is 7.97. The van der Waals surface area contributed by atoms with Crippen molar-refractivity contribution < 1.29 is 9.50 Å². The molecule has 2 heteroatoms. The van der Waals surface area contributed by atoms with Crippen molar-refractivity contribution in [2.45, 2.75) is 33.6 Å². The molecule has 19 heavy (non-hydrogen) atoms. The summed E-state index contributed by atoms with van der Waals surface area (Å²) in [5.74, 6) is 2.34. The summed E-state index contributed by atoms with van der Waals surface area (Å²) in [6, 6.07) is 6.22. The highest BCUT2D eigenvalue weighted by Crippen LogP contribution is 2.33. The van der Waals surface area contributed by atoms with Gasteiger partial charge in [0, 0.05) is 5.39 Å². The Labute approximate surface area is 114 Å². The molecule has 0 saturated heterocycles. The molecule has 0 radical (unpaired) electrons. The molecule has 1 N–H and O–H groups in total. The van der Waals surface area contributed by atoms with Gasteiger partial charge in [-0.1, -0.05) is 39.7 Å². The first-order valence-electron chi connectivity index (χ1n) is 6.46. The van der Waals surface area contributed by atoms with Crippen LogP contribution in [-0.4, -0.2) is 5.11 Å². The standard InChI is InChI=1S/C15H13FO.C2H6/c1-4-12-14(16)6-5-10-7-11(17)8-13(9(2)3)15(10)12;1-2/h1,5-9,17H,2-3H3;1-2H3. The molecular weight excluding hydrogens is 239 g/mol. The monoisotopic (exact) mass is 258 g/mol. The van der Waals surface area contributed by atoms with E-state index in [-0.39, 0.29) is 17.2 Å². The van der Waals surface area contributed by atoms with E-state index in [1.54, 1.807) is 18.2 Å². The van der Waals surface area contributed by atoms with E-state index in [0.717, 1.165) is 16.3 Å². The molecule has 2 rings (SSSR count). The quantitative estimate of drug-likeness (QED) is 0.727. The van der Waals surface area contributed by atoms with Gasteiger partial charge in [-0.2, -0.15) is 0 Å². The zero-order chi connectivity index (χ0) is 14.6. The summed E-state index contributed by atoms with van der Waals surface area (Å²) in [4.78, 5) is 0. The van der Waals surface area contributed by atoms with E-state index in [1.165, 1.54) is 6.07 Å². The molecule has 0 bridgehead atoms. The van der Waals surface area contributed by atoms with Crippen molar-refractivity contribution in [3.05, 3.63) is 41.2 Å². The highest BCUT2D eigenvalue weighted by molar-refractivity contribution is 5.92. The minimum absolute atomic E-state index is 0.165. The van der Waals surface area contributed by atoms with Gasteiger partial charge in [0.1, 0.15) is 11.6 Å². The summed E-state index contributed by atoms with van der Waals surface area (Å²) in [7, 11) is 0. The molecule has 0 amide bonds. The van der Waals surface area contributed by atoms with Crippen molar-refractivity contribution >= 4 is 10.8 Å². The first-order valence-corrected chi connectivity index (χ1v) is 6.46. The maximum atomic E-state index is 13.7. The molecule has 2 aromatic rings. The molecule has 0 unspecified atom stereocenters. The molecule has 0 aliphatic heterocycles. The molecule has 100 valence electrons. The summed E-state index contributed by atoms with van der Waals surface area (Å²) in [6.07, 6.45) is 5.37. The predicted octanol–water partition coefficient (Wildman–Crippen LogP) is 4.82. The van der Waals surface area contributed by atoms with Gasteiger partial charge >= 0.3 is 0 Å². The van der Waals surface area contributed by atoms with Crippen molar-refractivity contribution in [2.24, 2.45) is 0 Å². The fraction of sp³-hybridized carbons (Fsp3) is 0.294. The number of halogens is 1. The second-order valence-electron chi connectivity index (χ2n) is 4.35. The average Bonchev–Trinajstić information content (AvgIpc) is 2.40. The van der Waals surface area contributed by atoms with E-state index in [1.807, 2.05) is 27.7 Å². The smallest absolute Gasteiger partial charge is 0.139 e. The van der Waals surface area contributed by atoms with Gasteiger partial charge in [-0.05, 0) is 35.1 Å². The van der Waals surface area contributed by atoms with Gasteiger partial charge in [0.2, 0.25) is 0 Å². The van der Waals surface area contributed by atoms with E-state index >= 15 is 0 Å². The van der Waals surface area contributed by atoms with Crippen molar-refractivity contribution in [3.63, 3.8) is 0 Å². The molecule has 0 fully saturated rings. The number of rotatable bonds is 1. The number of benzene rings is 2. The lowest BCUT2D eigenvalue weighted by Gasteiger charge is -2.13. The van der Waals surface area contributed by atoms with Gasteiger partial charge < -0.3 is 5.11 Å². The Bertz CT molecular complexity index is 621. The van der Waals surface area contributed by atoms with Crippen LogP contribution in [-0.2, 0) is 0 Å². The normalized spacial score (nSPS) is 9.95. The number of hydrogen-bond donors (Lipinski definition) is 1. The Kier molecular flexibility index (Phi) is 4.94. The third-order valence-corrected chi connectivity index (χ3v) is 2.85. The van der Waals surface area contributed by atoms with Gasteiger partial charge in [0.05, 0.1) is 5.56 Å². The van der Waals surface area contributed by atoms with Gasteiger partial charge in [-0.15, -0.1) is 6.42 Å². The van der Waals surface area contributed by atoms with Gasteiger partial charge in [0.25, 0.3) is 0 Å². The molecule has 0 spiro atoms. The molecule has 0 aliphatic rings. The van der Waals surface area contributed by atoms with Crippen LogP contribution < -0.4 is 0 Å². The van der Waals surface area contributed by atoms with Crippen molar-refractivity contribution in [2.75, 3.05) is 0 Å². The first kappa shape index (κ1) is 15.0. The minimum Gasteiger partial charge on any atom is -0.508 e. The topological polar surface area (TPSA) is 20.2 Å². The van der Waals surface area contributed by atoms with Gasteiger partial charge in [-0.3, -0.25) is 0 Å². The predicted molar refractivity (Wildman–Crippen MR) is 78.9 cm³/mol. The lowest BCUT2D eigenvalue weighted by Crippen LogP contribution is -1.94. The van der Waals surface area contributed by atoms with Crippen LogP contribution in [0.15, 0.2) is 24.3 Å². The maximum absolute atomic E-state index is 13.7. The first-order chi connectivity index (χ1) is 9.04. The average molecular weight is 258 g/mol. The van der Waals surface area contributed by atoms with E-state index in [4.69, 9.17) is 6.42 Å².